The van der Waals surface area contributed by atoms with E-state index in [0.717, 1.165) is 10.0 Å². The van der Waals surface area contributed by atoms with Gasteiger partial charge in [0.15, 0.2) is 5.75 Å². The standard InChI is InChI=1S/C13H7BrCl3NO2/c1-6-2-8(14)4-9(15)11(6)20-13(19)7-3-10(16)12(17)18-5-7/h2-5H,1H3. The van der Waals surface area contributed by atoms with Crippen LogP contribution in [0.3, 0.4) is 0 Å². The topological polar surface area (TPSA) is 39.2 Å². The number of nitrogens with zero attached hydrogens (tertiary/aromatic N) is 1. The molecule has 0 unspecified atom stereocenters. The molecule has 0 saturated carbocycles. The van der Waals surface area contributed by atoms with Crippen LogP contribution in [0, 0.1) is 6.92 Å². The maximum absolute atomic E-state index is 12.0. The fourth-order valence-electron chi connectivity index (χ4n) is 1.50. The Morgan fingerprint density at radius 1 is 1.20 bits per heavy atom. The minimum absolute atomic E-state index is 0.126. The van der Waals surface area contributed by atoms with Crippen molar-refractivity contribution in [3.8, 4) is 5.75 Å². The highest BCUT2D eigenvalue weighted by Crippen LogP contribution is 2.32. The van der Waals surface area contributed by atoms with Crippen molar-refractivity contribution in [3.63, 3.8) is 0 Å². The summed E-state index contributed by atoms with van der Waals surface area (Å²) in [5, 5.41) is 0.638. The molecule has 0 spiro atoms. The van der Waals surface area contributed by atoms with Gasteiger partial charge in [-0.2, -0.15) is 0 Å². The van der Waals surface area contributed by atoms with Crippen molar-refractivity contribution in [2.24, 2.45) is 0 Å². The molecule has 0 N–H and O–H groups in total. The van der Waals surface area contributed by atoms with E-state index >= 15 is 0 Å². The fourth-order valence-corrected chi connectivity index (χ4v) is 2.78. The highest BCUT2D eigenvalue weighted by molar-refractivity contribution is 9.10. The van der Waals surface area contributed by atoms with Crippen LogP contribution in [0.5, 0.6) is 5.75 Å². The Bertz CT molecular complexity index is 668. The van der Waals surface area contributed by atoms with Crippen LogP contribution in [0.1, 0.15) is 15.9 Å². The number of hydrogen-bond acceptors (Lipinski definition) is 3. The average molecular weight is 395 g/mol. The molecule has 20 heavy (non-hydrogen) atoms. The maximum Gasteiger partial charge on any atom is 0.345 e. The number of hydrogen-bond donors (Lipinski definition) is 0. The third-order valence-corrected chi connectivity index (χ3v) is 3.85. The van der Waals surface area contributed by atoms with Crippen LogP contribution in [0.15, 0.2) is 28.9 Å². The van der Waals surface area contributed by atoms with Gasteiger partial charge in [-0.3, -0.25) is 0 Å². The van der Waals surface area contributed by atoms with Crippen LogP contribution in [-0.2, 0) is 0 Å². The second-order valence-electron chi connectivity index (χ2n) is 3.92. The Morgan fingerprint density at radius 3 is 2.50 bits per heavy atom. The van der Waals surface area contributed by atoms with Gasteiger partial charge < -0.3 is 4.74 Å². The van der Waals surface area contributed by atoms with Gasteiger partial charge in [-0.15, -0.1) is 0 Å². The average Bonchev–Trinajstić information content (AvgIpc) is 2.36. The summed E-state index contributed by atoms with van der Waals surface area (Å²) < 4.78 is 6.08. The molecule has 1 heterocycles. The summed E-state index contributed by atoms with van der Waals surface area (Å²) in [5.74, 6) is -0.311. The maximum atomic E-state index is 12.0. The van der Waals surface area contributed by atoms with E-state index in [0.29, 0.717) is 10.8 Å². The molecule has 0 aliphatic heterocycles. The first-order valence-electron chi connectivity index (χ1n) is 5.37. The minimum Gasteiger partial charge on any atom is -0.421 e. The Balaban J connectivity index is 2.30. The second-order valence-corrected chi connectivity index (χ2v) is 6.01. The summed E-state index contributed by atoms with van der Waals surface area (Å²) in [7, 11) is 0. The van der Waals surface area contributed by atoms with Crippen LogP contribution >= 0.6 is 50.7 Å². The predicted octanol–water partition coefficient (Wildman–Crippen LogP) is 5.33. The lowest BCUT2D eigenvalue weighted by atomic mass is 10.2. The van der Waals surface area contributed by atoms with E-state index in [1.54, 1.807) is 19.1 Å². The molecule has 1 aromatic carbocycles. The van der Waals surface area contributed by atoms with Crippen LogP contribution in [-0.4, -0.2) is 11.0 Å². The molecule has 0 fully saturated rings. The number of pyridine rings is 1. The largest absolute Gasteiger partial charge is 0.421 e. The Labute approximate surface area is 138 Å². The predicted molar refractivity (Wildman–Crippen MR) is 83.1 cm³/mol. The number of benzene rings is 1. The number of carbonyl (C=O) groups excluding carboxylic acids is 1. The first kappa shape index (κ1) is 15.6. The van der Waals surface area contributed by atoms with Gasteiger partial charge in [0, 0.05) is 10.7 Å². The Kier molecular flexibility index (Phi) is 4.91. The molecular formula is C13H7BrCl3NO2. The zero-order valence-corrected chi connectivity index (χ0v) is 13.9. The first-order valence-corrected chi connectivity index (χ1v) is 7.30. The van der Waals surface area contributed by atoms with Gasteiger partial charge in [-0.25, -0.2) is 9.78 Å². The van der Waals surface area contributed by atoms with E-state index in [1.165, 1.54) is 12.3 Å². The SMILES string of the molecule is Cc1cc(Br)cc(Cl)c1OC(=O)c1cnc(Cl)c(Cl)c1. The number of carbonyl (C=O) groups is 1. The van der Waals surface area contributed by atoms with E-state index in [2.05, 4.69) is 20.9 Å². The molecule has 2 aromatic rings. The van der Waals surface area contributed by atoms with Gasteiger partial charge in [-0.05, 0) is 30.7 Å². The minimum atomic E-state index is -0.608. The summed E-state index contributed by atoms with van der Waals surface area (Å²) in [6.45, 7) is 1.78. The normalized spacial score (nSPS) is 10.4. The smallest absolute Gasteiger partial charge is 0.345 e. The third-order valence-electron chi connectivity index (χ3n) is 2.42. The molecule has 3 nitrogen and oxygen atoms in total. The van der Waals surface area contributed by atoms with E-state index < -0.39 is 5.97 Å². The zero-order valence-electron chi connectivity index (χ0n) is 10.1. The van der Waals surface area contributed by atoms with Crippen molar-refractivity contribution in [3.05, 3.63) is 55.2 Å². The highest BCUT2D eigenvalue weighted by atomic mass is 79.9. The molecule has 2 rings (SSSR count). The Hall–Kier alpha value is -0.810. The summed E-state index contributed by atoms with van der Waals surface area (Å²) in [6, 6.07) is 4.83. The lowest BCUT2D eigenvalue weighted by Crippen LogP contribution is -2.10. The molecule has 104 valence electrons. The van der Waals surface area contributed by atoms with Crippen molar-refractivity contribution in [2.45, 2.75) is 6.92 Å². The third kappa shape index (κ3) is 3.44. The van der Waals surface area contributed by atoms with Gasteiger partial charge in [0.25, 0.3) is 0 Å². The van der Waals surface area contributed by atoms with Crippen LogP contribution in [0.2, 0.25) is 15.2 Å². The highest BCUT2D eigenvalue weighted by Gasteiger charge is 2.15. The second kappa shape index (κ2) is 6.31. The van der Waals surface area contributed by atoms with E-state index in [-0.39, 0.29) is 15.7 Å². The van der Waals surface area contributed by atoms with E-state index in [4.69, 9.17) is 39.5 Å². The summed E-state index contributed by atoms with van der Waals surface area (Å²) >= 11 is 20.9. The van der Waals surface area contributed by atoms with Crippen molar-refractivity contribution in [1.82, 2.24) is 4.98 Å². The Morgan fingerprint density at radius 2 is 1.90 bits per heavy atom. The molecule has 7 heteroatoms. The van der Waals surface area contributed by atoms with Crippen LogP contribution < -0.4 is 4.74 Å². The van der Waals surface area contributed by atoms with Gasteiger partial charge in [-0.1, -0.05) is 50.7 Å². The van der Waals surface area contributed by atoms with Gasteiger partial charge in [0.05, 0.1) is 15.6 Å². The molecule has 0 atom stereocenters. The summed E-state index contributed by atoms with van der Waals surface area (Å²) in [4.78, 5) is 15.8. The molecule has 0 saturated heterocycles. The molecular weight excluding hydrogens is 388 g/mol. The quantitative estimate of drug-likeness (QED) is 0.392. The van der Waals surface area contributed by atoms with Crippen molar-refractivity contribution >= 4 is 56.7 Å². The van der Waals surface area contributed by atoms with Crippen LogP contribution in [0.4, 0.5) is 0 Å². The number of aryl methyl sites for hydroxylation is 1. The van der Waals surface area contributed by atoms with Gasteiger partial charge in [0.1, 0.15) is 5.15 Å². The molecule has 0 radical (unpaired) electrons. The molecule has 1 aromatic heterocycles. The number of esters is 1. The summed E-state index contributed by atoms with van der Waals surface area (Å²) in [6.07, 6.45) is 1.29. The molecule has 0 aliphatic rings. The summed E-state index contributed by atoms with van der Waals surface area (Å²) in [5.41, 5.74) is 0.920. The fraction of sp³-hybridized carbons (Fsp3) is 0.0769. The lowest BCUT2D eigenvalue weighted by molar-refractivity contribution is 0.0733. The monoisotopic (exact) mass is 393 g/mol. The van der Waals surface area contributed by atoms with Crippen molar-refractivity contribution in [2.75, 3.05) is 0 Å². The van der Waals surface area contributed by atoms with Crippen molar-refractivity contribution in [1.29, 1.82) is 0 Å². The van der Waals surface area contributed by atoms with Crippen molar-refractivity contribution < 1.29 is 9.53 Å². The number of halogens is 4. The van der Waals surface area contributed by atoms with Gasteiger partial charge in [0.2, 0.25) is 0 Å². The molecule has 0 bridgehead atoms. The van der Waals surface area contributed by atoms with E-state index in [9.17, 15) is 4.79 Å². The number of ether oxygens (including phenoxy) is 1. The molecule has 0 amide bonds. The van der Waals surface area contributed by atoms with E-state index in [1.807, 2.05) is 0 Å². The first-order chi connectivity index (χ1) is 9.38. The lowest BCUT2D eigenvalue weighted by Gasteiger charge is -2.10. The van der Waals surface area contributed by atoms with Gasteiger partial charge >= 0.3 is 5.97 Å². The molecule has 0 aliphatic carbocycles. The number of rotatable bonds is 2. The van der Waals surface area contributed by atoms with Crippen LogP contribution in [0.25, 0.3) is 0 Å². The zero-order chi connectivity index (χ0) is 14.9. The number of aromatic nitrogens is 1.